The van der Waals surface area contributed by atoms with Crippen LogP contribution in [0.4, 0.5) is 4.79 Å². The summed E-state index contributed by atoms with van der Waals surface area (Å²) in [4.78, 5) is 23.2. The SMILES string of the molecule is CC(C)(C)OC(=O)NC(C)(C=O)c1ccccc1C#N. The lowest BCUT2D eigenvalue weighted by atomic mass is 9.90. The lowest BCUT2D eigenvalue weighted by Crippen LogP contribution is -2.47. The van der Waals surface area contributed by atoms with Crippen molar-refractivity contribution in [1.82, 2.24) is 5.32 Å². The molecule has 0 radical (unpaired) electrons. The van der Waals surface area contributed by atoms with E-state index in [4.69, 9.17) is 10.00 Å². The van der Waals surface area contributed by atoms with Gasteiger partial charge in [0.1, 0.15) is 17.4 Å². The molecule has 0 saturated carbocycles. The molecule has 0 aliphatic heterocycles. The molecule has 1 N–H and O–H groups in total. The standard InChI is InChI=1S/C15H18N2O3/c1-14(2,3)20-13(19)17-15(4,10-18)12-8-6-5-7-11(12)9-16/h5-8,10H,1-4H3,(H,17,19). The number of alkyl carbamates (subject to hydrolysis) is 1. The summed E-state index contributed by atoms with van der Waals surface area (Å²) < 4.78 is 5.14. The van der Waals surface area contributed by atoms with Crippen molar-refractivity contribution in [3.63, 3.8) is 0 Å². The molecule has 5 nitrogen and oxygen atoms in total. The molecule has 0 spiro atoms. The third-order valence-electron chi connectivity index (χ3n) is 2.60. The van der Waals surface area contributed by atoms with Crippen molar-refractivity contribution < 1.29 is 14.3 Å². The predicted octanol–water partition coefficient (Wildman–Crippen LogP) is 2.50. The third kappa shape index (κ3) is 3.82. The lowest BCUT2D eigenvalue weighted by Gasteiger charge is -2.28. The number of rotatable bonds is 3. The molecular weight excluding hydrogens is 256 g/mol. The molecule has 0 aliphatic rings. The van der Waals surface area contributed by atoms with E-state index in [1.807, 2.05) is 6.07 Å². The Morgan fingerprint density at radius 3 is 2.40 bits per heavy atom. The normalized spacial score (nSPS) is 13.8. The van der Waals surface area contributed by atoms with Crippen molar-refractivity contribution in [2.45, 2.75) is 38.8 Å². The topological polar surface area (TPSA) is 79.2 Å². The van der Waals surface area contributed by atoms with Gasteiger partial charge >= 0.3 is 6.09 Å². The third-order valence-corrected chi connectivity index (χ3v) is 2.60. The summed E-state index contributed by atoms with van der Waals surface area (Å²) in [5.41, 5.74) is -1.21. The highest BCUT2D eigenvalue weighted by atomic mass is 16.6. The molecule has 0 heterocycles. The van der Waals surface area contributed by atoms with Crippen LogP contribution in [0.5, 0.6) is 0 Å². The Balaban J connectivity index is 3.07. The Kier molecular flexibility index (Phi) is 4.51. The zero-order chi connectivity index (χ0) is 15.4. The van der Waals surface area contributed by atoms with Gasteiger partial charge in [0.15, 0.2) is 0 Å². The fourth-order valence-electron chi connectivity index (χ4n) is 1.71. The molecule has 1 aromatic carbocycles. The summed E-state index contributed by atoms with van der Waals surface area (Å²) in [6.45, 7) is 6.72. The first-order chi connectivity index (χ1) is 9.22. The Morgan fingerprint density at radius 1 is 1.30 bits per heavy atom. The Hall–Kier alpha value is -2.35. The maximum Gasteiger partial charge on any atom is 0.408 e. The van der Waals surface area contributed by atoms with Crippen LogP contribution in [0.3, 0.4) is 0 Å². The molecule has 1 aromatic rings. The van der Waals surface area contributed by atoms with Crippen LogP contribution in [-0.4, -0.2) is 18.0 Å². The predicted molar refractivity (Wildman–Crippen MR) is 73.9 cm³/mol. The summed E-state index contributed by atoms with van der Waals surface area (Å²) in [5.74, 6) is 0. The van der Waals surface area contributed by atoms with Gasteiger partial charge in [-0.2, -0.15) is 5.26 Å². The van der Waals surface area contributed by atoms with E-state index in [9.17, 15) is 9.59 Å². The van der Waals surface area contributed by atoms with E-state index in [0.717, 1.165) is 0 Å². The smallest absolute Gasteiger partial charge is 0.408 e. The van der Waals surface area contributed by atoms with Crippen molar-refractivity contribution in [2.75, 3.05) is 0 Å². The number of hydrogen-bond donors (Lipinski definition) is 1. The second-order valence-electron chi connectivity index (χ2n) is 5.60. The monoisotopic (exact) mass is 274 g/mol. The van der Waals surface area contributed by atoms with Crippen LogP contribution in [0, 0.1) is 11.3 Å². The molecule has 106 valence electrons. The first kappa shape index (κ1) is 15.7. The first-order valence-electron chi connectivity index (χ1n) is 6.19. The van der Waals surface area contributed by atoms with Crippen molar-refractivity contribution in [1.29, 1.82) is 5.26 Å². The van der Waals surface area contributed by atoms with E-state index in [1.165, 1.54) is 6.92 Å². The lowest BCUT2D eigenvalue weighted by molar-refractivity contribution is -0.113. The maximum atomic E-state index is 11.8. The Bertz CT molecular complexity index is 555. The Labute approximate surface area is 118 Å². The van der Waals surface area contributed by atoms with Crippen molar-refractivity contribution in [2.24, 2.45) is 0 Å². The van der Waals surface area contributed by atoms with Crippen LogP contribution < -0.4 is 5.32 Å². The molecule has 5 heteroatoms. The number of aldehydes is 1. The number of nitrogens with zero attached hydrogens (tertiary/aromatic N) is 1. The van der Waals surface area contributed by atoms with Crippen LogP contribution in [0.2, 0.25) is 0 Å². The molecule has 1 amide bonds. The van der Waals surface area contributed by atoms with Crippen LogP contribution in [0.25, 0.3) is 0 Å². The fourth-order valence-corrected chi connectivity index (χ4v) is 1.71. The molecule has 1 unspecified atom stereocenters. The van der Waals surface area contributed by atoms with Crippen LogP contribution in [-0.2, 0) is 15.1 Å². The minimum Gasteiger partial charge on any atom is -0.444 e. The van der Waals surface area contributed by atoms with Gasteiger partial charge in [0.2, 0.25) is 0 Å². The van der Waals surface area contributed by atoms with Crippen LogP contribution in [0.15, 0.2) is 24.3 Å². The van der Waals surface area contributed by atoms with Crippen LogP contribution in [0.1, 0.15) is 38.8 Å². The average Bonchev–Trinajstić information content (AvgIpc) is 2.36. The second kappa shape index (κ2) is 5.74. The Morgan fingerprint density at radius 2 is 1.90 bits per heavy atom. The fraction of sp³-hybridized carbons (Fsp3) is 0.400. The summed E-state index contributed by atoms with van der Waals surface area (Å²) >= 11 is 0. The van der Waals surface area contributed by atoms with Crippen molar-refractivity contribution >= 4 is 12.4 Å². The zero-order valence-electron chi connectivity index (χ0n) is 12.1. The van der Waals surface area contributed by atoms with Gasteiger partial charge in [-0.05, 0) is 33.8 Å². The largest absolute Gasteiger partial charge is 0.444 e. The van der Waals surface area contributed by atoms with Gasteiger partial charge in [-0.1, -0.05) is 18.2 Å². The number of hydrogen-bond acceptors (Lipinski definition) is 4. The highest BCUT2D eigenvalue weighted by molar-refractivity contribution is 5.78. The summed E-state index contributed by atoms with van der Waals surface area (Å²) in [6, 6.07) is 8.62. The minimum absolute atomic E-state index is 0.332. The van der Waals surface area contributed by atoms with Gasteiger partial charge in [0, 0.05) is 5.56 Å². The van der Waals surface area contributed by atoms with E-state index >= 15 is 0 Å². The number of amides is 1. The molecule has 1 atom stereocenters. The highest BCUT2D eigenvalue weighted by Crippen LogP contribution is 2.23. The number of nitrogens with one attached hydrogen (secondary N) is 1. The maximum absolute atomic E-state index is 11.8. The molecule has 0 fully saturated rings. The molecular formula is C15H18N2O3. The van der Waals surface area contributed by atoms with Gasteiger partial charge in [-0.25, -0.2) is 4.79 Å². The first-order valence-corrected chi connectivity index (χ1v) is 6.19. The molecule has 0 bridgehead atoms. The van der Waals surface area contributed by atoms with Crippen molar-refractivity contribution in [3.8, 4) is 6.07 Å². The molecule has 20 heavy (non-hydrogen) atoms. The van der Waals surface area contributed by atoms with E-state index in [2.05, 4.69) is 5.32 Å². The van der Waals surface area contributed by atoms with Crippen LogP contribution >= 0.6 is 0 Å². The molecule has 0 aromatic heterocycles. The minimum atomic E-state index is -1.31. The number of nitriles is 1. The highest BCUT2D eigenvalue weighted by Gasteiger charge is 2.32. The number of carbonyl (C=O) groups is 2. The van der Waals surface area contributed by atoms with E-state index in [1.54, 1.807) is 45.0 Å². The van der Waals surface area contributed by atoms with Gasteiger partial charge in [-0.15, -0.1) is 0 Å². The molecule has 0 aliphatic carbocycles. The summed E-state index contributed by atoms with van der Waals surface area (Å²) in [6.07, 6.45) is -0.118. The number of benzene rings is 1. The quantitative estimate of drug-likeness (QED) is 0.859. The van der Waals surface area contributed by atoms with E-state index in [-0.39, 0.29) is 0 Å². The van der Waals surface area contributed by atoms with E-state index < -0.39 is 17.2 Å². The number of ether oxygens (including phenoxy) is 1. The van der Waals surface area contributed by atoms with Crippen molar-refractivity contribution in [3.05, 3.63) is 35.4 Å². The van der Waals surface area contributed by atoms with Gasteiger partial charge in [0.05, 0.1) is 11.6 Å². The summed E-state index contributed by atoms with van der Waals surface area (Å²) in [7, 11) is 0. The van der Waals surface area contributed by atoms with E-state index in [0.29, 0.717) is 17.4 Å². The van der Waals surface area contributed by atoms with Gasteiger partial charge in [0.25, 0.3) is 0 Å². The van der Waals surface area contributed by atoms with Gasteiger partial charge in [-0.3, -0.25) is 0 Å². The van der Waals surface area contributed by atoms with Gasteiger partial charge < -0.3 is 14.8 Å². The molecule has 1 rings (SSSR count). The number of carbonyl (C=O) groups excluding carboxylic acids is 2. The second-order valence-corrected chi connectivity index (χ2v) is 5.60. The summed E-state index contributed by atoms with van der Waals surface area (Å²) in [5, 5.41) is 11.6. The zero-order valence-corrected chi connectivity index (χ0v) is 12.1. The average molecular weight is 274 g/mol. The molecule has 0 saturated heterocycles.